The molecule has 0 aliphatic rings. The van der Waals surface area contributed by atoms with Gasteiger partial charge in [-0.15, -0.1) is 11.3 Å². The molecule has 5 heteroatoms. The first-order chi connectivity index (χ1) is 12.4. The molecular formula is C21H28N2O2S. The fourth-order valence-corrected chi connectivity index (χ4v) is 3.74. The molecule has 4 nitrogen and oxygen atoms in total. The monoisotopic (exact) mass is 372 g/mol. The fourth-order valence-electron chi connectivity index (χ4n) is 2.82. The van der Waals surface area contributed by atoms with Crippen LogP contribution in [-0.2, 0) is 22.7 Å². The maximum atomic E-state index is 13.1. The zero-order valence-corrected chi connectivity index (χ0v) is 16.9. The quantitative estimate of drug-likeness (QED) is 0.696. The molecule has 1 aromatic heterocycles. The van der Waals surface area contributed by atoms with Crippen LogP contribution >= 0.6 is 11.3 Å². The molecule has 0 N–H and O–H groups in total. The van der Waals surface area contributed by atoms with E-state index in [-0.39, 0.29) is 24.4 Å². The zero-order valence-electron chi connectivity index (χ0n) is 16.1. The maximum Gasteiger partial charge on any atom is 0.242 e. The van der Waals surface area contributed by atoms with E-state index in [1.54, 1.807) is 16.2 Å². The van der Waals surface area contributed by atoms with Crippen LogP contribution in [0.3, 0.4) is 0 Å². The van der Waals surface area contributed by atoms with Crippen molar-refractivity contribution in [3.8, 4) is 0 Å². The van der Waals surface area contributed by atoms with Gasteiger partial charge in [0, 0.05) is 24.4 Å². The molecule has 0 saturated carbocycles. The van der Waals surface area contributed by atoms with E-state index in [1.807, 2.05) is 49.1 Å². The summed E-state index contributed by atoms with van der Waals surface area (Å²) in [7, 11) is 0. The number of carbonyl (C=O) groups is 2. The normalized spacial score (nSPS) is 11.8. The smallest absolute Gasteiger partial charge is 0.242 e. The van der Waals surface area contributed by atoms with Crippen LogP contribution in [0.5, 0.6) is 0 Å². The third kappa shape index (κ3) is 5.43. The van der Waals surface area contributed by atoms with Crippen molar-refractivity contribution in [1.82, 2.24) is 9.80 Å². The molecule has 140 valence electrons. The molecule has 1 unspecified atom stereocenters. The van der Waals surface area contributed by atoms with E-state index >= 15 is 0 Å². The number of rotatable bonds is 8. The fraction of sp³-hybridized carbons (Fsp3) is 0.429. The second-order valence-corrected chi connectivity index (χ2v) is 7.67. The highest BCUT2D eigenvalue weighted by Gasteiger charge is 2.23. The molecule has 0 spiro atoms. The summed E-state index contributed by atoms with van der Waals surface area (Å²) in [6, 6.07) is 12.1. The molecule has 0 saturated heterocycles. The molecule has 2 amide bonds. The Kier molecular flexibility index (Phi) is 7.39. The molecule has 0 fully saturated rings. The summed E-state index contributed by atoms with van der Waals surface area (Å²) in [6.07, 6.45) is 0.829. The Bertz CT molecular complexity index is 727. The van der Waals surface area contributed by atoms with Gasteiger partial charge in [-0.3, -0.25) is 9.59 Å². The van der Waals surface area contributed by atoms with E-state index in [9.17, 15) is 9.59 Å². The van der Waals surface area contributed by atoms with Crippen LogP contribution in [0.25, 0.3) is 0 Å². The molecule has 1 aromatic carbocycles. The van der Waals surface area contributed by atoms with Crippen LogP contribution < -0.4 is 0 Å². The summed E-state index contributed by atoms with van der Waals surface area (Å²) < 4.78 is 0. The topological polar surface area (TPSA) is 40.6 Å². The summed E-state index contributed by atoms with van der Waals surface area (Å²) in [5.74, 6) is -0.0724. The minimum absolute atomic E-state index is 0.0165. The SMILES string of the molecule is CCC(C)N(CC(=O)N(Cc1ccccc1)Cc1sccc1C)C(C)=O. The average molecular weight is 373 g/mol. The predicted molar refractivity (Wildman–Crippen MR) is 107 cm³/mol. The number of hydrogen-bond donors (Lipinski definition) is 0. The van der Waals surface area contributed by atoms with Crippen LogP contribution in [0.4, 0.5) is 0 Å². The van der Waals surface area contributed by atoms with Gasteiger partial charge in [-0.25, -0.2) is 0 Å². The lowest BCUT2D eigenvalue weighted by atomic mass is 10.2. The van der Waals surface area contributed by atoms with E-state index < -0.39 is 0 Å². The van der Waals surface area contributed by atoms with Gasteiger partial charge in [0.15, 0.2) is 0 Å². The summed E-state index contributed by atoms with van der Waals surface area (Å²) in [5, 5.41) is 2.05. The maximum absolute atomic E-state index is 13.1. The highest BCUT2D eigenvalue weighted by Crippen LogP contribution is 2.20. The number of amides is 2. The van der Waals surface area contributed by atoms with Crippen molar-refractivity contribution in [3.05, 3.63) is 57.8 Å². The number of aryl methyl sites for hydroxylation is 1. The van der Waals surface area contributed by atoms with Crippen molar-refractivity contribution in [1.29, 1.82) is 0 Å². The van der Waals surface area contributed by atoms with Crippen LogP contribution in [0.15, 0.2) is 41.8 Å². The number of hydrogen-bond acceptors (Lipinski definition) is 3. The van der Waals surface area contributed by atoms with Crippen LogP contribution in [0.1, 0.15) is 43.2 Å². The van der Waals surface area contributed by atoms with Gasteiger partial charge in [0.2, 0.25) is 11.8 Å². The average Bonchev–Trinajstić information content (AvgIpc) is 3.03. The molecule has 0 radical (unpaired) electrons. The first-order valence-electron chi connectivity index (χ1n) is 9.04. The van der Waals surface area contributed by atoms with E-state index in [4.69, 9.17) is 0 Å². The minimum atomic E-state index is -0.0559. The molecule has 2 rings (SSSR count). The summed E-state index contributed by atoms with van der Waals surface area (Å²) in [5.41, 5.74) is 2.29. The highest BCUT2D eigenvalue weighted by atomic mass is 32.1. The molecule has 2 aromatic rings. The van der Waals surface area contributed by atoms with Crippen LogP contribution in [-0.4, -0.2) is 34.2 Å². The van der Waals surface area contributed by atoms with E-state index in [0.717, 1.165) is 12.0 Å². The van der Waals surface area contributed by atoms with E-state index in [1.165, 1.54) is 17.4 Å². The van der Waals surface area contributed by atoms with Gasteiger partial charge in [0.25, 0.3) is 0 Å². The Hall–Kier alpha value is -2.14. The lowest BCUT2D eigenvalue weighted by Gasteiger charge is -2.30. The number of nitrogens with zero attached hydrogens (tertiary/aromatic N) is 2. The molecule has 1 atom stereocenters. The third-order valence-corrected chi connectivity index (χ3v) is 5.71. The van der Waals surface area contributed by atoms with Crippen molar-refractivity contribution in [2.75, 3.05) is 6.54 Å². The minimum Gasteiger partial charge on any atom is -0.332 e. The van der Waals surface area contributed by atoms with Crippen molar-refractivity contribution in [2.24, 2.45) is 0 Å². The molecular weight excluding hydrogens is 344 g/mol. The number of thiophene rings is 1. The second-order valence-electron chi connectivity index (χ2n) is 6.67. The molecule has 1 heterocycles. The summed E-state index contributed by atoms with van der Waals surface area (Å²) in [6.45, 7) is 8.86. The third-order valence-electron chi connectivity index (χ3n) is 4.70. The van der Waals surface area contributed by atoms with Gasteiger partial charge >= 0.3 is 0 Å². The Morgan fingerprint density at radius 3 is 2.35 bits per heavy atom. The van der Waals surface area contributed by atoms with E-state index in [0.29, 0.717) is 13.1 Å². The first kappa shape index (κ1) is 20.2. The van der Waals surface area contributed by atoms with Crippen LogP contribution in [0, 0.1) is 6.92 Å². The predicted octanol–water partition coefficient (Wildman–Crippen LogP) is 4.23. The molecule has 26 heavy (non-hydrogen) atoms. The Balaban J connectivity index is 2.19. The van der Waals surface area contributed by atoms with Gasteiger partial charge in [-0.05, 0) is 42.8 Å². The van der Waals surface area contributed by atoms with Gasteiger partial charge in [0.05, 0.1) is 13.1 Å². The van der Waals surface area contributed by atoms with Crippen molar-refractivity contribution in [2.45, 2.75) is 53.2 Å². The van der Waals surface area contributed by atoms with Crippen molar-refractivity contribution in [3.63, 3.8) is 0 Å². The van der Waals surface area contributed by atoms with Gasteiger partial charge in [0.1, 0.15) is 0 Å². The Labute approximate surface area is 160 Å². The zero-order chi connectivity index (χ0) is 19.1. The largest absolute Gasteiger partial charge is 0.332 e. The van der Waals surface area contributed by atoms with Gasteiger partial charge in [-0.1, -0.05) is 37.3 Å². The molecule has 0 aliphatic carbocycles. The first-order valence-corrected chi connectivity index (χ1v) is 9.92. The Morgan fingerprint density at radius 2 is 1.81 bits per heavy atom. The summed E-state index contributed by atoms with van der Waals surface area (Å²) in [4.78, 5) is 29.8. The van der Waals surface area contributed by atoms with E-state index in [2.05, 4.69) is 18.4 Å². The second kappa shape index (κ2) is 9.53. The molecule has 0 bridgehead atoms. The van der Waals surface area contributed by atoms with Crippen LogP contribution in [0.2, 0.25) is 0 Å². The highest BCUT2D eigenvalue weighted by molar-refractivity contribution is 7.10. The standard InChI is InChI=1S/C21H28N2O2S/c1-5-17(3)23(18(4)24)15-21(25)22(13-19-9-7-6-8-10-19)14-20-16(2)11-12-26-20/h6-12,17H,5,13-15H2,1-4H3. The van der Waals surface area contributed by atoms with Crippen molar-refractivity contribution >= 4 is 23.2 Å². The lowest BCUT2D eigenvalue weighted by molar-refractivity contribution is -0.141. The summed E-state index contributed by atoms with van der Waals surface area (Å²) >= 11 is 1.67. The molecule has 0 aliphatic heterocycles. The Morgan fingerprint density at radius 1 is 1.12 bits per heavy atom. The van der Waals surface area contributed by atoms with Gasteiger partial charge in [-0.2, -0.15) is 0 Å². The van der Waals surface area contributed by atoms with Gasteiger partial charge < -0.3 is 9.80 Å². The number of benzene rings is 1. The lowest BCUT2D eigenvalue weighted by Crippen LogP contribution is -2.45. The van der Waals surface area contributed by atoms with Crippen molar-refractivity contribution < 1.29 is 9.59 Å². The number of carbonyl (C=O) groups excluding carboxylic acids is 2.